The van der Waals surface area contributed by atoms with Crippen molar-refractivity contribution in [3.63, 3.8) is 0 Å². The van der Waals surface area contributed by atoms with Crippen molar-refractivity contribution in [1.29, 1.82) is 0 Å². The third-order valence-corrected chi connectivity index (χ3v) is 2.66. The van der Waals surface area contributed by atoms with Crippen LogP contribution in [0.2, 0.25) is 0 Å². The summed E-state index contributed by atoms with van der Waals surface area (Å²) < 4.78 is 9.62. The van der Waals surface area contributed by atoms with E-state index in [2.05, 4.69) is 0 Å². The topological polar surface area (TPSA) is 86.7 Å². The number of carbonyl (C=O) groups excluding carboxylic acids is 4. The fraction of sp³-hybridized carbons (Fsp3) is 0. The van der Waals surface area contributed by atoms with Gasteiger partial charge in [-0.25, -0.2) is 9.59 Å². The lowest BCUT2D eigenvalue weighted by atomic mass is 10.2. The van der Waals surface area contributed by atoms with Gasteiger partial charge < -0.3 is 9.47 Å². The number of aldehydes is 2. The Bertz CT molecular complexity index is 671. The smallest absolute Gasteiger partial charge is 0.417 e. The van der Waals surface area contributed by atoms with Gasteiger partial charge in [-0.2, -0.15) is 0 Å². The maximum absolute atomic E-state index is 11.7. The summed E-state index contributed by atoms with van der Waals surface area (Å²) in [5, 5.41) is 0. The Kier molecular flexibility index (Phi) is 4.77. The summed E-state index contributed by atoms with van der Waals surface area (Å²) in [5.74, 6) is -2.70. The zero-order chi connectivity index (χ0) is 15.9. The molecule has 110 valence electrons. The minimum Gasteiger partial charge on any atom is -0.417 e. The number of esters is 2. The third-order valence-electron chi connectivity index (χ3n) is 2.66. The summed E-state index contributed by atoms with van der Waals surface area (Å²) in [6, 6.07) is 11.9. The average molecular weight is 298 g/mol. The van der Waals surface area contributed by atoms with Crippen molar-refractivity contribution in [3.8, 4) is 11.5 Å². The molecule has 0 fully saturated rings. The molecule has 0 aliphatic rings. The van der Waals surface area contributed by atoms with Crippen LogP contribution in [0.3, 0.4) is 0 Å². The third kappa shape index (κ3) is 3.43. The standard InChI is InChI=1S/C16H10O6/c17-9-11-5-1-3-7-13(11)21-15(19)16(20)22-14-8-4-2-6-12(14)10-18/h1-10H. The van der Waals surface area contributed by atoms with E-state index in [0.29, 0.717) is 12.6 Å². The Balaban J connectivity index is 2.11. The number of para-hydroxylation sites is 2. The summed E-state index contributed by atoms with van der Waals surface area (Å²) in [5.41, 5.74) is 0.244. The van der Waals surface area contributed by atoms with E-state index in [1.807, 2.05) is 0 Å². The van der Waals surface area contributed by atoms with Crippen molar-refractivity contribution in [2.45, 2.75) is 0 Å². The zero-order valence-electron chi connectivity index (χ0n) is 11.2. The predicted molar refractivity (Wildman–Crippen MR) is 74.9 cm³/mol. The van der Waals surface area contributed by atoms with Gasteiger partial charge in [-0.1, -0.05) is 24.3 Å². The van der Waals surface area contributed by atoms with Gasteiger partial charge in [0, 0.05) is 0 Å². The van der Waals surface area contributed by atoms with Crippen molar-refractivity contribution in [2.24, 2.45) is 0 Å². The van der Waals surface area contributed by atoms with Gasteiger partial charge in [0.25, 0.3) is 0 Å². The van der Waals surface area contributed by atoms with Gasteiger partial charge in [-0.15, -0.1) is 0 Å². The first kappa shape index (κ1) is 15.1. The van der Waals surface area contributed by atoms with Crippen molar-refractivity contribution in [2.75, 3.05) is 0 Å². The summed E-state index contributed by atoms with van der Waals surface area (Å²) in [4.78, 5) is 45.0. The lowest BCUT2D eigenvalue weighted by Gasteiger charge is -2.07. The summed E-state index contributed by atoms with van der Waals surface area (Å²) >= 11 is 0. The van der Waals surface area contributed by atoms with E-state index in [9.17, 15) is 19.2 Å². The lowest BCUT2D eigenvalue weighted by Crippen LogP contribution is -2.26. The van der Waals surface area contributed by atoms with E-state index < -0.39 is 11.9 Å². The fourth-order valence-electron chi connectivity index (χ4n) is 1.62. The van der Waals surface area contributed by atoms with E-state index in [-0.39, 0.29) is 22.6 Å². The highest BCUT2D eigenvalue weighted by atomic mass is 16.6. The molecule has 0 saturated carbocycles. The van der Waals surface area contributed by atoms with Crippen molar-refractivity contribution >= 4 is 24.5 Å². The number of benzene rings is 2. The molecule has 2 aromatic rings. The predicted octanol–water partition coefficient (Wildman–Crippen LogP) is 1.82. The minimum atomic E-state index is -1.30. The normalized spacial score (nSPS) is 9.64. The molecule has 22 heavy (non-hydrogen) atoms. The van der Waals surface area contributed by atoms with Crippen LogP contribution in [0.1, 0.15) is 20.7 Å². The highest BCUT2D eigenvalue weighted by molar-refractivity contribution is 6.31. The molecular weight excluding hydrogens is 288 g/mol. The molecule has 0 amide bonds. The van der Waals surface area contributed by atoms with Crippen molar-refractivity contribution < 1.29 is 28.7 Å². The largest absolute Gasteiger partial charge is 0.423 e. The van der Waals surface area contributed by atoms with Crippen LogP contribution < -0.4 is 9.47 Å². The molecule has 0 aliphatic carbocycles. The van der Waals surface area contributed by atoms with Gasteiger partial charge in [-0.05, 0) is 24.3 Å². The van der Waals surface area contributed by atoms with Crippen LogP contribution in [0.5, 0.6) is 11.5 Å². The van der Waals surface area contributed by atoms with Crippen LogP contribution >= 0.6 is 0 Å². The molecule has 0 N–H and O–H groups in total. The van der Waals surface area contributed by atoms with Crippen LogP contribution in [0, 0.1) is 0 Å². The van der Waals surface area contributed by atoms with E-state index in [1.165, 1.54) is 24.3 Å². The molecule has 0 aromatic heterocycles. The maximum atomic E-state index is 11.7. The Morgan fingerprint density at radius 2 is 1.05 bits per heavy atom. The van der Waals surface area contributed by atoms with Gasteiger partial charge in [0.05, 0.1) is 11.1 Å². The molecule has 2 rings (SSSR count). The average Bonchev–Trinajstić information content (AvgIpc) is 2.55. The molecule has 0 heterocycles. The van der Waals surface area contributed by atoms with Crippen molar-refractivity contribution in [1.82, 2.24) is 0 Å². The lowest BCUT2D eigenvalue weighted by molar-refractivity contribution is -0.156. The number of hydrogen-bond donors (Lipinski definition) is 0. The van der Waals surface area contributed by atoms with Crippen LogP contribution in [0.25, 0.3) is 0 Å². The molecular formula is C16H10O6. The van der Waals surface area contributed by atoms with Gasteiger partial charge in [-0.3, -0.25) is 9.59 Å². The molecule has 2 aromatic carbocycles. The van der Waals surface area contributed by atoms with Gasteiger partial charge in [0.1, 0.15) is 11.5 Å². The second-order valence-corrected chi connectivity index (χ2v) is 4.09. The highest BCUT2D eigenvalue weighted by Gasteiger charge is 2.21. The molecule has 6 nitrogen and oxygen atoms in total. The maximum Gasteiger partial charge on any atom is 0.423 e. The van der Waals surface area contributed by atoms with Crippen LogP contribution in [-0.2, 0) is 9.59 Å². The molecule has 6 heteroatoms. The number of hydrogen-bond acceptors (Lipinski definition) is 6. The highest BCUT2D eigenvalue weighted by Crippen LogP contribution is 2.18. The molecule has 0 unspecified atom stereocenters. The molecule has 0 spiro atoms. The van der Waals surface area contributed by atoms with Gasteiger partial charge >= 0.3 is 11.9 Å². The molecule has 0 bridgehead atoms. The molecule has 0 saturated heterocycles. The first-order chi connectivity index (χ1) is 10.7. The minimum absolute atomic E-state index is 0.0527. The second kappa shape index (κ2) is 6.94. The number of carbonyl (C=O) groups is 4. The van der Waals surface area contributed by atoms with Crippen molar-refractivity contribution in [3.05, 3.63) is 59.7 Å². The van der Waals surface area contributed by atoms with Crippen LogP contribution in [-0.4, -0.2) is 24.5 Å². The van der Waals surface area contributed by atoms with Gasteiger partial charge in [0.2, 0.25) is 0 Å². The first-order valence-corrected chi connectivity index (χ1v) is 6.18. The Labute approximate surface area is 125 Å². The van der Waals surface area contributed by atoms with E-state index >= 15 is 0 Å². The SMILES string of the molecule is O=Cc1ccccc1OC(=O)C(=O)Oc1ccccc1C=O. The summed E-state index contributed by atoms with van der Waals surface area (Å²) in [7, 11) is 0. The molecule has 0 atom stereocenters. The molecule has 0 radical (unpaired) electrons. The quantitative estimate of drug-likeness (QED) is 0.370. The fourth-order valence-corrected chi connectivity index (χ4v) is 1.62. The van der Waals surface area contributed by atoms with Gasteiger partial charge in [0.15, 0.2) is 12.6 Å². The Hall–Kier alpha value is -3.28. The first-order valence-electron chi connectivity index (χ1n) is 6.18. The van der Waals surface area contributed by atoms with E-state index in [4.69, 9.17) is 9.47 Å². The van der Waals surface area contributed by atoms with E-state index in [0.717, 1.165) is 0 Å². The zero-order valence-corrected chi connectivity index (χ0v) is 11.2. The monoisotopic (exact) mass is 298 g/mol. The number of ether oxygens (including phenoxy) is 2. The summed E-state index contributed by atoms with van der Waals surface area (Å²) in [6.07, 6.45) is 0.991. The number of rotatable bonds is 4. The van der Waals surface area contributed by atoms with E-state index in [1.54, 1.807) is 24.3 Å². The molecule has 0 aliphatic heterocycles. The van der Waals surface area contributed by atoms with Crippen LogP contribution in [0.15, 0.2) is 48.5 Å². The van der Waals surface area contributed by atoms with Crippen LogP contribution in [0.4, 0.5) is 0 Å². The Morgan fingerprint density at radius 1 is 0.682 bits per heavy atom. The Morgan fingerprint density at radius 3 is 1.41 bits per heavy atom. The second-order valence-electron chi connectivity index (χ2n) is 4.09. The summed E-state index contributed by atoms with van der Waals surface area (Å²) in [6.45, 7) is 0.